The fourth-order valence-corrected chi connectivity index (χ4v) is 3.03. The van der Waals surface area contributed by atoms with Crippen molar-refractivity contribution in [2.75, 3.05) is 24.5 Å². The summed E-state index contributed by atoms with van der Waals surface area (Å²) in [6, 6.07) is 0.309. The Bertz CT molecular complexity index is 603. The summed E-state index contributed by atoms with van der Waals surface area (Å²) in [6.07, 6.45) is 2.65. The summed E-state index contributed by atoms with van der Waals surface area (Å²) in [5, 5.41) is 16.4. The fraction of sp³-hybridized carbons (Fsp3) is 0.545. The number of anilines is 1. The van der Waals surface area contributed by atoms with Gasteiger partial charge < -0.3 is 20.3 Å². The Labute approximate surface area is 114 Å². The molecule has 3 heterocycles. The summed E-state index contributed by atoms with van der Waals surface area (Å²) in [5.41, 5.74) is 0. The molecule has 7 nitrogen and oxygen atoms in total. The van der Waals surface area contributed by atoms with E-state index < -0.39 is 0 Å². The molecule has 0 aliphatic carbocycles. The van der Waals surface area contributed by atoms with E-state index >= 15 is 0 Å². The average Bonchev–Trinajstić information content (AvgIpc) is 2.83. The molecule has 1 aliphatic rings. The maximum atomic E-state index is 11.3. The van der Waals surface area contributed by atoms with Crippen LogP contribution in [0.4, 0.5) is 11.6 Å². The highest BCUT2D eigenvalue weighted by Gasteiger charge is 2.33. The first-order valence-electron chi connectivity index (χ1n) is 6.29. The van der Waals surface area contributed by atoms with Crippen LogP contribution in [-0.4, -0.2) is 40.0 Å². The zero-order valence-electron chi connectivity index (χ0n) is 10.6. The predicted octanol–water partition coefficient (Wildman–Crippen LogP) is 1.49. The van der Waals surface area contributed by atoms with Gasteiger partial charge in [-0.2, -0.15) is 9.38 Å². The molecule has 1 N–H and O–H groups in total. The Balaban J connectivity index is 2.07. The molecule has 0 unspecified atom stereocenters. The van der Waals surface area contributed by atoms with Crippen molar-refractivity contribution in [1.82, 2.24) is 14.7 Å². The van der Waals surface area contributed by atoms with Crippen molar-refractivity contribution >= 4 is 27.9 Å². The number of thiazole rings is 1. The highest BCUT2D eigenvalue weighted by Crippen LogP contribution is 2.32. The molecule has 3 rings (SSSR count). The molecule has 2 aromatic heterocycles. The molecule has 0 aromatic carbocycles. The van der Waals surface area contributed by atoms with E-state index in [1.807, 2.05) is 5.38 Å². The zero-order chi connectivity index (χ0) is 13.4. The SMILES string of the molecule is CCCN(c1nc2sccn2c1[N+](=O)[O-])C1CNC1. The Kier molecular flexibility index (Phi) is 3.11. The number of nitro groups is 1. The van der Waals surface area contributed by atoms with E-state index in [1.54, 1.807) is 10.6 Å². The van der Waals surface area contributed by atoms with Gasteiger partial charge in [0.15, 0.2) is 0 Å². The van der Waals surface area contributed by atoms with Crippen LogP contribution >= 0.6 is 11.3 Å². The molecule has 1 fully saturated rings. The third kappa shape index (κ3) is 1.96. The molecule has 8 heteroatoms. The second kappa shape index (κ2) is 4.78. The van der Waals surface area contributed by atoms with E-state index in [0.29, 0.717) is 16.8 Å². The average molecular weight is 281 g/mol. The third-order valence-corrected chi connectivity index (χ3v) is 4.09. The molecule has 1 aliphatic heterocycles. The Hall–Kier alpha value is -1.67. The lowest BCUT2D eigenvalue weighted by molar-refractivity contribution is -0.389. The molecule has 102 valence electrons. The van der Waals surface area contributed by atoms with Gasteiger partial charge in [0, 0.05) is 25.0 Å². The first-order chi connectivity index (χ1) is 9.22. The maximum absolute atomic E-state index is 11.3. The van der Waals surface area contributed by atoms with Crippen molar-refractivity contribution in [2.45, 2.75) is 19.4 Å². The second-order valence-corrected chi connectivity index (χ2v) is 5.45. The highest BCUT2D eigenvalue weighted by molar-refractivity contribution is 7.15. The van der Waals surface area contributed by atoms with Crippen LogP contribution in [0.2, 0.25) is 0 Å². The van der Waals surface area contributed by atoms with Crippen LogP contribution in [0, 0.1) is 10.1 Å². The summed E-state index contributed by atoms with van der Waals surface area (Å²) in [5.74, 6) is 0.585. The van der Waals surface area contributed by atoms with Gasteiger partial charge >= 0.3 is 5.82 Å². The molecular weight excluding hydrogens is 266 g/mol. The number of nitrogens with one attached hydrogen (secondary N) is 1. The van der Waals surface area contributed by atoms with E-state index in [1.165, 1.54) is 11.3 Å². The van der Waals surface area contributed by atoms with Crippen molar-refractivity contribution in [1.29, 1.82) is 0 Å². The molecule has 0 spiro atoms. The summed E-state index contributed by atoms with van der Waals surface area (Å²) >= 11 is 1.42. The van der Waals surface area contributed by atoms with Crippen LogP contribution in [0.3, 0.4) is 0 Å². The first-order valence-corrected chi connectivity index (χ1v) is 7.17. The van der Waals surface area contributed by atoms with Gasteiger partial charge in [-0.1, -0.05) is 18.3 Å². The van der Waals surface area contributed by atoms with E-state index in [9.17, 15) is 10.1 Å². The lowest BCUT2D eigenvalue weighted by atomic mass is 10.1. The Morgan fingerprint density at radius 2 is 2.47 bits per heavy atom. The number of imidazole rings is 1. The summed E-state index contributed by atoms with van der Waals surface area (Å²) < 4.78 is 1.56. The summed E-state index contributed by atoms with van der Waals surface area (Å²) in [6.45, 7) is 4.59. The molecule has 0 atom stereocenters. The maximum Gasteiger partial charge on any atom is 0.373 e. The lowest BCUT2D eigenvalue weighted by Gasteiger charge is -2.37. The standard InChI is InChI=1S/C11H15N5O2S/c1-2-3-14(8-6-12-7-8)9-10(16(17)18)15-4-5-19-11(15)13-9/h4-5,8,12H,2-3,6-7H2,1H3. The van der Waals surface area contributed by atoms with E-state index in [2.05, 4.69) is 22.1 Å². The van der Waals surface area contributed by atoms with Crippen molar-refractivity contribution in [3.05, 3.63) is 21.7 Å². The smallest absolute Gasteiger partial charge is 0.358 e. The molecule has 19 heavy (non-hydrogen) atoms. The number of hydrogen-bond donors (Lipinski definition) is 1. The summed E-state index contributed by atoms with van der Waals surface area (Å²) in [7, 11) is 0. The molecule has 2 aromatic rings. The molecule has 0 radical (unpaired) electrons. The van der Waals surface area contributed by atoms with Crippen molar-refractivity contribution in [2.24, 2.45) is 0 Å². The number of fused-ring (bicyclic) bond motifs is 1. The van der Waals surface area contributed by atoms with Gasteiger partial charge in [-0.15, -0.1) is 0 Å². The van der Waals surface area contributed by atoms with Gasteiger partial charge in [0.1, 0.15) is 6.20 Å². The molecule has 0 saturated carbocycles. The minimum Gasteiger partial charge on any atom is -0.358 e. The second-order valence-electron chi connectivity index (χ2n) is 4.58. The fourth-order valence-electron chi connectivity index (χ4n) is 2.32. The van der Waals surface area contributed by atoms with Crippen molar-refractivity contribution in [3.63, 3.8) is 0 Å². The van der Waals surface area contributed by atoms with Gasteiger partial charge in [-0.05, 0) is 11.3 Å². The lowest BCUT2D eigenvalue weighted by Crippen LogP contribution is -2.57. The van der Waals surface area contributed by atoms with Gasteiger partial charge in [0.05, 0.1) is 6.04 Å². The highest BCUT2D eigenvalue weighted by atomic mass is 32.1. The van der Waals surface area contributed by atoms with Gasteiger partial charge in [0.2, 0.25) is 5.82 Å². The molecular formula is C11H15N5O2S. The van der Waals surface area contributed by atoms with Gasteiger partial charge in [-0.25, -0.2) is 0 Å². The quantitative estimate of drug-likeness (QED) is 0.664. The van der Waals surface area contributed by atoms with E-state index in [-0.39, 0.29) is 10.7 Å². The number of rotatable bonds is 5. The van der Waals surface area contributed by atoms with E-state index in [0.717, 1.165) is 26.1 Å². The normalized spacial score (nSPS) is 15.6. The topological polar surface area (TPSA) is 75.7 Å². The van der Waals surface area contributed by atoms with Crippen LogP contribution in [0.25, 0.3) is 4.96 Å². The van der Waals surface area contributed by atoms with Crippen molar-refractivity contribution < 1.29 is 4.92 Å². The largest absolute Gasteiger partial charge is 0.373 e. The first kappa shape index (κ1) is 12.4. The minimum atomic E-state index is -0.337. The van der Waals surface area contributed by atoms with E-state index in [4.69, 9.17) is 0 Å². The van der Waals surface area contributed by atoms with Crippen LogP contribution in [0.1, 0.15) is 13.3 Å². The predicted molar refractivity (Wildman–Crippen MR) is 74.0 cm³/mol. The van der Waals surface area contributed by atoms with Gasteiger partial charge in [-0.3, -0.25) is 0 Å². The third-order valence-electron chi connectivity index (χ3n) is 3.33. The molecule has 0 bridgehead atoms. The van der Waals surface area contributed by atoms with Crippen LogP contribution < -0.4 is 10.2 Å². The molecule has 1 saturated heterocycles. The van der Waals surface area contributed by atoms with Crippen LogP contribution in [0.5, 0.6) is 0 Å². The monoisotopic (exact) mass is 281 g/mol. The Morgan fingerprint density at radius 1 is 1.68 bits per heavy atom. The van der Waals surface area contributed by atoms with Crippen LogP contribution in [-0.2, 0) is 0 Å². The number of aromatic nitrogens is 2. The van der Waals surface area contributed by atoms with Crippen molar-refractivity contribution in [3.8, 4) is 0 Å². The zero-order valence-corrected chi connectivity index (χ0v) is 11.4. The number of hydrogen-bond acceptors (Lipinski definition) is 6. The number of nitrogens with zero attached hydrogens (tertiary/aromatic N) is 4. The minimum absolute atomic E-state index is 0.0802. The summed E-state index contributed by atoms with van der Waals surface area (Å²) in [4.78, 5) is 18.2. The Morgan fingerprint density at radius 3 is 3.05 bits per heavy atom. The molecule has 0 amide bonds. The van der Waals surface area contributed by atoms with Crippen LogP contribution in [0.15, 0.2) is 11.6 Å². The van der Waals surface area contributed by atoms with Gasteiger partial charge in [0.25, 0.3) is 4.96 Å².